The molecule has 4 rings (SSSR count). The molecular formula is C30H33F2NO5. The summed E-state index contributed by atoms with van der Waals surface area (Å²) in [5, 5.41) is 21.0. The van der Waals surface area contributed by atoms with Crippen LogP contribution in [-0.2, 0) is 16.8 Å². The van der Waals surface area contributed by atoms with Crippen LogP contribution >= 0.6 is 0 Å². The number of aliphatic carboxylic acids is 1. The number of hydrogen-bond donors (Lipinski definition) is 2. The van der Waals surface area contributed by atoms with Gasteiger partial charge < -0.3 is 24.6 Å². The van der Waals surface area contributed by atoms with Crippen LogP contribution in [0.25, 0.3) is 0 Å². The van der Waals surface area contributed by atoms with E-state index >= 15 is 0 Å². The van der Waals surface area contributed by atoms with Crippen molar-refractivity contribution in [2.24, 2.45) is 5.92 Å². The number of rotatable bonds is 11. The SMILES string of the molecule is COc1cc(CC(=O)O)ccc1OCCCN1CCC(C(O)(c2ccc(F)cc2)c2ccc(F)cc2)CC1. The minimum Gasteiger partial charge on any atom is -0.493 e. The summed E-state index contributed by atoms with van der Waals surface area (Å²) in [5.74, 6) is -0.686. The lowest BCUT2D eigenvalue weighted by Gasteiger charge is -2.42. The Morgan fingerprint density at radius 1 is 0.947 bits per heavy atom. The molecule has 202 valence electrons. The highest BCUT2D eigenvalue weighted by Gasteiger charge is 2.41. The summed E-state index contributed by atoms with van der Waals surface area (Å²) in [4.78, 5) is 13.3. The largest absolute Gasteiger partial charge is 0.493 e. The third-order valence-electron chi connectivity index (χ3n) is 7.21. The molecule has 1 heterocycles. The van der Waals surface area contributed by atoms with Gasteiger partial charge in [0.25, 0.3) is 0 Å². The van der Waals surface area contributed by atoms with E-state index in [0.29, 0.717) is 34.8 Å². The second-order valence-electron chi connectivity index (χ2n) is 9.65. The molecule has 0 spiro atoms. The highest BCUT2D eigenvalue weighted by molar-refractivity contribution is 5.70. The third kappa shape index (κ3) is 6.49. The van der Waals surface area contributed by atoms with Gasteiger partial charge in [0, 0.05) is 6.54 Å². The van der Waals surface area contributed by atoms with E-state index in [1.807, 2.05) is 0 Å². The maximum absolute atomic E-state index is 13.6. The van der Waals surface area contributed by atoms with Gasteiger partial charge in [-0.05, 0) is 91.4 Å². The van der Waals surface area contributed by atoms with Crippen molar-refractivity contribution in [1.82, 2.24) is 4.90 Å². The molecule has 0 aromatic heterocycles. The van der Waals surface area contributed by atoms with Gasteiger partial charge in [-0.25, -0.2) is 8.78 Å². The standard InChI is InChI=1S/C30H33F2NO5/c1-37-28-19-21(20-29(34)35)3-12-27(28)38-18-2-15-33-16-13-24(14-17-33)30(36,22-4-8-25(31)9-5-22)23-6-10-26(32)11-7-23/h3-12,19,24,36H,2,13-18,20H2,1H3,(H,34,35). The Hall–Kier alpha value is -3.49. The smallest absolute Gasteiger partial charge is 0.307 e. The Labute approximate surface area is 221 Å². The number of benzene rings is 3. The molecule has 1 aliphatic rings. The average Bonchev–Trinajstić information content (AvgIpc) is 2.92. The van der Waals surface area contributed by atoms with Crippen molar-refractivity contribution in [2.45, 2.75) is 31.3 Å². The molecule has 0 unspecified atom stereocenters. The van der Waals surface area contributed by atoms with E-state index in [1.165, 1.54) is 31.4 Å². The zero-order valence-electron chi connectivity index (χ0n) is 21.4. The zero-order valence-corrected chi connectivity index (χ0v) is 21.4. The van der Waals surface area contributed by atoms with Crippen LogP contribution in [0, 0.1) is 17.6 Å². The van der Waals surface area contributed by atoms with E-state index in [-0.39, 0.29) is 24.0 Å². The lowest BCUT2D eigenvalue weighted by molar-refractivity contribution is -0.136. The van der Waals surface area contributed by atoms with Crippen LogP contribution in [0.3, 0.4) is 0 Å². The van der Waals surface area contributed by atoms with Gasteiger partial charge in [0.1, 0.15) is 17.2 Å². The molecule has 1 fully saturated rings. The monoisotopic (exact) mass is 525 g/mol. The van der Waals surface area contributed by atoms with Crippen molar-refractivity contribution in [3.63, 3.8) is 0 Å². The van der Waals surface area contributed by atoms with Gasteiger partial charge in [-0.1, -0.05) is 30.3 Å². The van der Waals surface area contributed by atoms with E-state index in [9.17, 15) is 18.7 Å². The summed E-state index contributed by atoms with van der Waals surface area (Å²) < 4.78 is 38.5. The molecule has 8 heteroatoms. The summed E-state index contributed by atoms with van der Waals surface area (Å²) in [6.45, 7) is 2.85. The predicted octanol–water partition coefficient (Wildman–Crippen LogP) is 5.02. The first kappa shape index (κ1) is 27.5. The fourth-order valence-corrected chi connectivity index (χ4v) is 5.21. The first-order valence-corrected chi connectivity index (χ1v) is 12.8. The maximum atomic E-state index is 13.6. The Kier molecular flexibility index (Phi) is 8.97. The van der Waals surface area contributed by atoms with Gasteiger partial charge >= 0.3 is 5.97 Å². The number of halogens is 2. The van der Waals surface area contributed by atoms with Crippen LogP contribution < -0.4 is 9.47 Å². The van der Waals surface area contributed by atoms with E-state index < -0.39 is 11.6 Å². The van der Waals surface area contributed by atoms with Gasteiger partial charge in [0.2, 0.25) is 0 Å². The number of methoxy groups -OCH3 is 1. The lowest BCUT2D eigenvalue weighted by atomic mass is 9.72. The Morgan fingerprint density at radius 3 is 2.05 bits per heavy atom. The number of carboxylic acid groups (broad SMARTS) is 1. The number of carbonyl (C=O) groups is 1. The number of piperidine rings is 1. The predicted molar refractivity (Wildman–Crippen MR) is 139 cm³/mol. The number of likely N-dealkylation sites (tertiary alicyclic amines) is 1. The molecule has 38 heavy (non-hydrogen) atoms. The van der Waals surface area contributed by atoms with Crippen molar-refractivity contribution in [3.8, 4) is 11.5 Å². The van der Waals surface area contributed by atoms with E-state index in [2.05, 4.69) is 4.90 Å². The van der Waals surface area contributed by atoms with Crippen LogP contribution in [0.1, 0.15) is 36.0 Å². The van der Waals surface area contributed by atoms with Gasteiger partial charge in [-0.15, -0.1) is 0 Å². The molecule has 3 aromatic rings. The maximum Gasteiger partial charge on any atom is 0.307 e. The number of nitrogens with zero attached hydrogens (tertiary/aromatic N) is 1. The minimum atomic E-state index is -1.35. The summed E-state index contributed by atoms with van der Waals surface area (Å²) >= 11 is 0. The van der Waals surface area contributed by atoms with Gasteiger partial charge in [0.05, 0.1) is 20.1 Å². The van der Waals surface area contributed by atoms with E-state index in [1.54, 1.807) is 42.5 Å². The molecule has 0 bridgehead atoms. The highest BCUT2D eigenvalue weighted by Crippen LogP contribution is 2.42. The second kappa shape index (κ2) is 12.4. The Bertz CT molecular complexity index is 1160. The van der Waals surface area contributed by atoms with Gasteiger partial charge in [0.15, 0.2) is 11.5 Å². The summed E-state index contributed by atoms with van der Waals surface area (Å²) in [6.07, 6.45) is 2.16. The number of carboxylic acids is 1. The third-order valence-corrected chi connectivity index (χ3v) is 7.21. The molecular weight excluding hydrogens is 492 g/mol. The fourth-order valence-electron chi connectivity index (χ4n) is 5.21. The van der Waals surface area contributed by atoms with Crippen molar-refractivity contribution >= 4 is 5.97 Å². The molecule has 6 nitrogen and oxygen atoms in total. The molecule has 3 aromatic carbocycles. The number of hydrogen-bond acceptors (Lipinski definition) is 5. The van der Waals surface area contributed by atoms with E-state index in [0.717, 1.165) is 38.9 Å². The number of aliphatic hydroxyl groups is 1. The van der Waals surface area contributed by atoms with Crippen molar-refractivity contribution in [3.05, 3.63) is 95.1 Å². The Balaban J connectivity index is 1.33. The average molecular weight is 526 g/mol. The summed E-state index contributed by atoms with van der Waals surface area (Å²) in [5.41, 5.74) is 0.493. The zero-order chi connectivity index (χ0) is 27.1. The van der Waals surface area contributed by atoms with Crippen molar-refractivity contribution in [1.29, 1.82) is 0 Å². The van der Waals surface area contributed by atoms with E-state index in [4.69, 9.17) is 14.6 Å². The lowest BCUT2D eigenvalue weighted by Crippen LogP contribution is -2.44. The molecule has 2 N–H and O–H groups in total. The minimum absolute atomic E-state index is 0.0793. The molecule has 0 aliphatic carbocycles. The van der Waals surface area contributed by atoms with Crippen LogP contribution in [0.5, 0.6) is 11.5 Å². The number of ether oxygens (including phenoxy) is 2. The quantitative estimate of drug-likeness (QED) is 0.343. The first-order chi connectivity index (χ1) is 18.3. The molecule has 1 saturated heterocycles. The topological polar surface area (TPSA) is 79.2 Å². The molecule has 0 saturated carbocycles. The molecule has 0 atom stereocenters. The van der Waals surface area contributed by atoms with Gasteiger partial charge in [-0.3, -0.25) is 4.79 Å². The summed E-state index contributed by atoms with van der Waals surface area (Å²) in [6, 6.07) is 16.9. The van der Waals surface area contributed by atoms with Crippen LogP contribution in [0.4, 0.5) is 8.78 Å². The molecule has 1 aliphatic heterocycles. The summed E-state index contributed by atoms with van der Waals surface area (Å²) in [7, 11) is 1.52. The first-order valence-electron chi connectivity index (χ1n) is 12.8. The highest BCUT2D eigenvalue weighted by atomic mass is 19.1. The van der Waals surface area contributed by atoms with Gasteiger partial charge in [-0.2, -0.15) is 0 Å². The van der Waals surface area contributed by atoms with Crippen LogP contribution in [0.2, 0.25) is 0 Å². The normalized spacial score (nSPS) is 14.8. The second-order valence-corrected chi connectivity index (χ2v) is 9.65. The molecule has 0 radical (unpaired) electrons. The molecule has 0 amide bonds. The van der Waals surface area contributed by atoms with Crippen molar-refractivity contribution < 1.29 is 33.3 Å². The Morgan fingerprint density at radius 2 is 1.53 bits per heavy atom. The van der Waals surface area contributed by atoms with Crippen LogP contribution in [0.15, 0.2) is 66.7 Å². The fraction of sp³-hybridized carbons (Fsp3) is 0.367. The van der Waals surface area contributed by atoms with Crippen molar-refractivity contribution in [2.75, 3.05) is 33.4 Å². The van der Waals surface area contributed by atoms with Crippen LogP contribution in [-0.4, -0.2) is 54.4 Å².